The van der Waals surface area contributed by atoms with E-state index in [9.17, 15) is 9.59 Å². The van der Waals surface area contributed by atoms with Crippen molar-refractivity contribution < 1.29 is 14.3 Å². The highest BCUT2D eigenvalue weighted by molar-refractivity contribution is 7.99. The number of hydrogen-bond acceptors (Lipinski definition) is 5. The minimum absolute atomic E-state index is 0.0973. The number of nitrogens with zero attached hydrogens (tertiary/aromatic N) is 1. The second kappa shape index (κ2) is 8.36. The number of benzene rings is 1. The molecule has 6 heteroatoms. The van der Waals surface area contributed by atoms with E-state index in [1.807, 2.05) is 36.9 Å². The van der Waals surface area contributed by atoms with Gasteiger partial charge in [0.05, 0.1) is 13.2 Å². The standard InChI is InChI=1S/C17H24N2O3S/c1-4-22-17(21)15-11-23-9-8-19(15)10-16(20)18-14-7-5-6-12(2)13(14)3/h5-7,15H,4,8-11H2,1-3H3,(H,18,20)/t15-/m0/s1. The Morgan fingerprint density at radius 1 is 1.39 bits per heavy atom. The molecule has 1 saturated heterocycles. The lowest BCUT2D eigenvalue weighted by atomic mass is 10.1. The number of carbonyl (C=O) groups excluding carboxylic acids is 2. The highest BCUT2D eigenvalue weighted by atomic mass is 32.2. The predicted molar refractivity (Wildman–Crippen MR) is 93.9 cm³/mol. The maximum absolute atomic E-state index is 12.4. The van der Waals surface area contributed by atoms with Crippen LogP contribution in [0.2, 0.25) is 0 Å². The van der Waals surface area contributed by atoms with Crippen LogP contribution in [0.1, 0.15) is 18.1 Å². The van der Waals surface area contributed by atoms with E-state index in [4.69, 9.17) is 4.74 Å². The van der Waals surface area contributed by atoms with E-state index < -0.39 is 0 Å². The van der Waals surface area contributed by atoms with E-state index in [1.54, 1.807) is 18.7 Å². The van der Waals surface area contributed by atoms with E-state index in [0.29, 0.717) is 18.9 Å². The molecule has 1 aliphatic rings. The molecule has 1 aliphatic heterocycles. The second-order valence-electron chi connectivity index (χ2n) is 5.61. The van der Waals surface area contributed by atoms with Crippen LogP contribution in [-0.4, -0.2) is 54.0 Å². The van der Waals surface area contributed by atoms with Crippen LogP contribution in [0.3, 0.4) is 0 Å². The van der Waals surface area contributed by atoms with Crippen LogP contribution in [0.25, 0.3) is 0 Å². The lowest BCUT2D eigenvalue weighted by Crippen LogP contribution is -2.50. The second-order valence-corrected chi connectivity index (χ2v) is 6.76. The Kier molecular flexibility index (Phi) is 6.47. The van der Waals surface area contributed by atoms with Crippen molar-refractivity contribution in [2.45, 2.75) is 26.8 Å². The Labute approximate surface area is 141 Å². The van der Waals surface area contributed by atoms with Gasteiger partial charge in [0.2, 0.25) is 5.91 Å². The fourth-order valence-electron chi connectivity index (χ4n) is 2.54. The van der Waals surface area contributed by atoms with Gasteiger partial charge in [0.1, 0.15) is 6.04 Å². The summed E-state index contributed by atoms with van der Waals surface area (Å²) in [6, 6.07) is 5.51. The molecule has 0 aromatic heterocycles. The SMILES string of the molecule is CCOC(=O)[C@@H]1CSCCN1CC(=O)Nc1cccc(C)c1C. The lowest BCUT2D eigenvalue weighted by Gasteiger charge is -2.33. The maximum atomic E-state index is 12.4. The molecule has 0 aliphatic carbocycles. The quantitative estimate of drug-likeness (QED) is 0.836. The summed E-state index contributed by atoms with van der Waals surface area (Å²) in [6.45, 7) is 7.09. The average Bonchev–Trinajstić information content (AvgIpc) is 2.52. The molecule has 1 heterocycles. The summed E-state index contributed by atoms with van der Waals surface area (Å²) in [7, 11) is 0. The molecule has 1 aromatic carbocycles. The Balaban J connectivity index is 2.00. The Morgan fingerprint density at radius 2 is 2.17 bits per heavy atom. The number of esters is 1. The Hall–Kier alpha value is -1.53. The van der Waals surface area contributed by atoms with Gasteiger partial charge in [0, 0.05) is 23.7 Å². The minimum atomic E-state index is -0.335. The zero-order valence-electron chi connectivity index (χ0n) is 13.9. The first-order valence-electron chi connectivity index (χ1n) is 7.87. The Morgan fingerprint density at radius 3 is 2.91 bits per heavy atom. The number of rotatable bonds is 5. The van der Waals surface area contributed by atoms with Crippen molar-refractivity contribution in [3.05, 3.63) is 29.3 Å². The number of thioether (sulfide) groups is 1. The van der Waals surface area contributed by atoms with Crippen LogP contribution in [0.4, 0.5) is 5.69 Å². The third kappa shape index (κ3) is 4.72. The van der Waals surface area contributed by atoms with Crippen molar-refractivity contribution in [1.82, 2.24) is 4.90 Å². The van der Waals surface area contributed by atoms with Crippen LogP contribution in [0, 0.1) is 13.8 Å². The highest BCUT2D eigenvalue weighted by Gasteiger charge is 2.31. The van der Waals surface area contributed by atoms with E-state index >= 15 is 0 Å². The number of nitrogens with one attached hydrogen (secondary N) is 1. The van der Waals surface area contributed by atoms with Crippen LogP contribution < -0.4 is 5.32 Å². The predicted octanol–water partition coefficient (Wildman–Crippen LogP) is 2.22. The third-order valence-electron chi connectivity index (χ3n) is 4.02. The van der Waals surface area contributed by atoms with Crippen LogP contribution >= 0.6 is 11.8 Å². The number of ether oxygens (including phenoxy) is 1. The first kappa shape index (κ1) is 17.8. The molecule has 0 saturated carbocycles. The molecular weight excluding hydrogens is 312 g/mol. The van der Waals surface area contributed by atoms with Gasteiger partial charge in [-0.05, 0) is 38.0 Å². The number of hydrogen-bond donors (Lipinski definition) is 1. The zero-order valence-corrected chi connectivity index (χ0v) is 14.7. The largest absolute Gasteiger partial charge is 0.465 e. The van der Waals surface area contributed by atoms with Gasteiger partial charge in [-0.25, -0.2) is 0 Å². The molecule has 1 atom stereocenters. The summed E-state index contributed by atoms with van der Waals surface area (Å²) >= 11 is 1.72. The summed E-state index contributed by atoms with van der Waals surface area (Å²) in [4.78, 5) is 26.3. The van der Waals surface area contributed by atoms with Gasteiger partial charge in [-0.2, -0.15) is 11.8 Å². The lowest BCUT2D eigenvalue weighted by molar-refractivity contribution is -0.148. The van der Waals surface area contributed by atoms with Gasteiger partial charge in [-0.15, -0.1) is 0 Å². The van der Waals surface area contributed by atoms with Crippen LogP contribution in [0.5, 0.6) is 0 Å². The van der Waals surface area contributed by atoms with Crippen LogP contribution in [0.15, 0.2) is 18.2 Å². The summed E-state index contributed by atoms with van der Waals surface area (Å²) < 4.78 is 5.12. The van der Waals surface area contributed by atoms with E-state index in [-0.39, 0.29) is 24.5 Å². The minimum Gasteiger partial charge on any atom is -0.465 e. The molecule has 1 fully saturated rings. The summed E-state index contributed by atoms with van der Waals surface area (Å²) in [5, 5.41) is 2.95. The average molecular weight is 336 g/mol. The summed E-state index contributed by atoms with van der Waals surface area (Å²) in [5.41, 5.74) is 3.03. The van der Waals surface area contributed by atoms with E-state index in [0.717, 1.165) is 22.6 Å². The Bertz CT molecular complexity index is 577. The number of anilines is 1. The zero-order chi connectivity index (χ0) is 16.8. The monoisotopic (exact) mass is 336 g/mol. The molecular formula is C17H24N2O3S. The number of aryl methyl sites for hydroxylation is 1. The van der Waals surface area contributed by atoms with Gasteiger partial charge in [-0.1, -0.05) is 12.1 Å². The van der Waals surface area contributed by atoms with Gasteiger partial charge >= 0.3 is 5.97 Å². The van der Waals surface area contributed by atoms with Crippen molar-refractivity contribution in [1.29, 1.82) is 0 Å². The third-order valence-corrected chi connectivity index (χ3v) is 5.05. The number of amides is 1. The fourth-order valence-corrected chi connectivity index (χ4v) is 3.64. The molecule has 23 heavy (non-hydrogen) atoms. The first-order chi connectivity index (χ1) is 11.0. The van der Waals surface area contributed by atoms with Gasteiger partial charge in [0.15, 0.2) is 0 Å². The molecule has 0 spiro atoms. The molecule has 126 valence electrons. The molecule has 0 bridgehead atoms. The van der Waals surface area contributed by atoms with E-state index in [2.05, 4.69) is 5.32 Å². The molecule has 2 rings (SSSR count). The number of carbonyl (C=O) groups is 2. The molecule has 5 nitrogen and oxygen atoms in total. The molecule has 0 radical (unpaired) electrons. The van der Waals surface area contributed by atoms with Gasteiger partial charge < -0.3 is 10.1 Å². The maximum Gasteiger partial charge on any atom is 0.324 e. The molecule has 0 unspecified atom stereocenters. The smallest absolute Gasteiger partial charge is 0.324 e. The first-order valence-corrected chi connectivity index (χ1v) is 9.03. The summed E-state index contributed by atoms with van der Waals surface area (Å²) in [6.07, 6.45) is 0. The normalized spacial score (nSPS) is 18.5. The van der Waals surface area contributed by atoms with E-state index in [1.165, 1.54) is 0 Å². The summed E-state index contributed by atoms with van der Waals surface area (Å²) in [5.74, 6) is 1.27. The van der Waals surface area contributed by atoms with Crippen molar-refractivity contribution in [2.75, 3.05) is 36.5 Å². The van der Waals surface area contributed by atoms with Gasteiger partial charge in [0.25, 0.3) is 0 Å². The van der Waals surface area contributed by atoms with Crippen molar-refractivity contribution in [3.63, 3.8) is 0 Å². The van der Waals surface area contributed by atoms with Crippen molar-refractivity contribution in [3.8, 4) is 0 Å². The topological polar surface area (TPSA) is 58.6 Å². The van der Waals surface area contributed by atoms with Crippen molar-refractivity contribution in [2.24, 2.45) is 0 Å². The molecule has 1 N–H and O–H groups in total. The van der Waals surface area contributed by atoms with Crippen LogP contribution in [-0.2, 0) is 14.3 Å². The molecule has 1 aromatic rings. The van der Waals surface area contributed by atoms with Crippen molar-refractivity contribution >= 4 is 29.3 Å². The fraction of sp³-hybridized carbons (Fsp3) is 0.529. The highest BCUT2D eigenvalue weighted by Crippen LogP contribution is 2.20. The molecule has 1 amide bonds. The van der Waals surface area contributed by atoms with Gasteiger partial charge in [-0.3, -0.25) is 14.5 Å².